The van der Waals surface area contributed by atoms with Crippen LogP contribution >= 0.6 is 11.3 Å². The number of aromatic nitrogens is 1. The van der Waals surface area contributed by atoms with Crippen LogP contribution in [0.15, 0.2) is 30.6 Å². The fourth-order valence-electron chi connectivity index (χ4n) is 3.59. The number of amides is 4. The van der Waals surface area contributed by atoms with Crippen LogP contribution in [-0.4, -0.2) is 46.1 Å². The number of pyridine rings is 1. The molecule has 4 amide bonds. The molecule has 10 heteroatoms. The summed E-state index contributed by atoms with van der Waals surface area (Å²) in [4.78, 5) is 54.7. The number of hydrogen-bond acceptors (Lipinski definition) is 6. The average Bonchev–Trinajstić information content (AvgIpc) is 3.15. The molecule has 0 radical (unpaired) electrons. The fourth-order valence-corrected chi connectivity index (χ4v) is 4.61. The number of rotatable bonds is 5. The summed E-state index contributed by atoms with van der Waals surface area (Å²) in [6.07, 6.45) is 4.99. The van der Waals surface area contributed by atoms with Gasteiger partial charge in [-0.2, -0.15) is 0 Å². The Labute approximate surface area is 184 Å². The molecule has 2 aromatic heterocycles. The van der Waals surface area contributed by atoms with Gasteiger partial charge >= 0.3 is 11.8 Å². The van der Waals surface area contributed by atoms with E-state index in [4.69, 9.17) is 5.73 Å². The molecule has 1 aliphatic heterocycles. The highest BCUT2D eigenvalue weighted by Gasteiger charge is 2.33. The first-order chi connectivity index (χ1) is 14.7. The van der Waals surface area contributed by atoms with E-state index >= 15 is 0 Å². The lowest BCUT2D eigenvalue weighted by Gasteiger charge is -2.38. The summed E-state index contributed by atoms with van der Waals surface area (Å²) in [6.45, 7) is 3.99. The molecule has 9 nitrogen and oxygen atoms in total. The van der Waals surface area contributed by atoms with Gasteiger partial charge in [0, 0.05) is 37.0 Å². The van der Waals surface area contributed by atoms with Crippen LogP contribution in [0.3, 0.4) is 0 Å². The van der Waals surface area contributed by atoms with Crippen molar-refractivity contribution in [2.45, 2.75) is 39.2 Å². The zero-order valence-corrected chi connectivity index (χ0v) is 18.2. The Morgan fingerprint density at radius 1 is 1.19 bits per heavy atom. The van der Waals surface area contributed by atoms with Crippen LogP contribution in [0.5, 0.6) is 0 Å². The second kappa shape index (κ2) is 9.69. The molecule has 0 aliphatic carbocycles. The first kappa shape index (κ1) is 22.4. The fraction of sp³-hybridized carbons (Fsp3) is 0.381. The van der Waals surface area contributed by atoms with Crippen molar-refractivity contribution < 1.29 is 19.2 Å². The van der Waals surface area contributed by atoms with Gasteiger partial charge in [0.25, 0.3) is 0 Å². The van der Waals surface area contributed by atoms with Crippen molar-refractivity contribution in [1.29, 1.82) is 0 Å². The molecular formula is C21H25N5O4S. The van der Waals surface area contributed by atoms with E-state index in [9.17, 15) is 19.2 Å². The van der Waals surface area contributed by atoms with Gasteiger partial charge < -0.3 is 21.3 Å². The molecule has 0 aromatic carbocycles. The zero-order chi connectivity index (χ0) is 22.5. The van der Waals surface area contributed by atoms with E-state index in [-0.39, 0.29) is 29.1 Å². The van der Waals surface area contributed by atoms with Crippen LogP contribution in [0, 0.1) is 5.92 Å². The van der Waals surface area contributed by atoms with Crippen LogP contribution in [0.2, 0.25) is 0 Å². The minimum absolute atomic E-state index is 0.117. The molecule has 1 saturated heterocycles. The van der Waals surface area contributed by atoms with Crippen molar-refractivity contribution in [3.63, 3.8) is 0 Å². The molecule has 0 spiro atoms. The second-order valence-corrected chi connectivity index (χ2v) is 8.89. The van der Waals surface area contributed by atoms with Gasteiger partial charge in [0.15, 0.2) is 0 Å². The Morgan fingerprint density at radius 2 is 1.97 bits per heavy atom. The molecular weight excluding hydrogens is 418 g/mol. The van der Waals surface area contributed by atoms with E-state index < -0.39 is 17.7 Å². The molecule has 1 unspecified atom stereocenters. The summed E-state index contributed by atoms with van der Waals surface area (Å²) in [5, 5.41) is 6.03. The second-order valence-electron chi connectivity index (χ2n) is 7.73. The topological polar surface area (TPSA) is 134 Å². The molecule has 2 aromatic rings. The van der Waals surface area contributed by atoms with Crippen LogP contribution in [0.1, 0.15) is 41.9 Å². The Bertz CT molecular complexity index is 1010. The van der Waals surface area contributed by atoms with E-state index in [0.717, 1.165) is 22.7 Å². The average molecular weight is 444 g/mol. The molecule has 0 bridgehead atoms. The third kappa shape index (κ3) is 5.88. The van der Waals surface area contributed by atoms with Gasteiger partial charge in [-0.05, 0) is 37.0 Å². The van der Waals surface area contributed by atoms with Crippen molar-refractivity contribution in [2.24, 2.45) is 11.7 Å². The quantitative estimate of drug-likeness (QED) is 0.608. The monoisotopic (exact) mass is 443 g/mol. The lowest BCUT2D eigenvalue weighted by Crippen LogP contribution is -2.51. The van der Waals surface area contributed by atoms with E-state index in [2.05, 4.69) is 22.5 Å². The highest BCUT2D eigenvalue weighted by atomic mass is 32.1. The van der Waals surface area contributed by atoms with Gasteiger partial charge in [-0.15, -0.1) is 11.3 Å². The number of nitrogens with one attached hydrogen (secondary N) is 2. The van der Waals surface area contributed by atoms with Crippen LogP contribution < -0.4 is 16.4 Å². The van der Waals surface area contributed by atoms with Crippen molar-refractivity contribution in [2.75, 3.05) is 17.2 Å². The number of likely N-dealkylation sites (tertiary alicyclic amines) is 1. The molecule has 3 rings (SSSR count). The van der Waals surface area contributed by atoms with Gasteiger partial charge in [0.2, 0.25) is 11.8 Å². The molecule has 31 heavy (non-hydrogen) atoms. The molecule has 0 saturated carbocycles. The van der Waals surface area contributed by atoms with Crippen LogP contribution in [0.25, 0.3) is 0 Å². The predicted octanol–water partition coefficient (Wildman–Crippen LogP) is 2.01. The van der Waals surface area contributed by atoms with Gasteiger partial charge in [-0.25, -0.2) is 0 Å². The van der Waals surface area contributed by atoms with E-state index in [1.807, 2.05) is 12.1 Å². The molecule has 4 N–H and O–H groups in total. The Morgan fingerprint density at radius 3 is 2.68 bits per heavy atom. The van der Waals surface area contributed by atoms with Crippen molar-refractivity contribution in [3.8, 4) is 0 Å². The summed E-state index contributed by atoms with van der Waals surface area (Å²) in [5.74, 6) is -1.93. The number of anilines is 2. The Hall–Kier alpha value is -3.27. The third-order valence-corrected chi connectivity index (χ3v) is 6.10. The number of nitrogens with zero attached hydrogens (tertiary/aromatic N) is 2. The Kier molecular flexibility index (Phi) is 7.01. The van der Waals surface area contributed by atoms with Crippen molar-refractivity contribution in [1.82, 2.24) is 9.88 Å². The molecule has 1 fully saturated rings. The van der Waals surface area contributed by atoms with Crippen LogP contribution in [-0.2, 0) is 20.8 Å². The number of hydrogen-bond donors (Lipinski definition) is 3. The van der Waals surface area contributed by atoms with E-state index in [1.165, 1.54) is 36.7 Å². The summed E-state index contributed by atoms with van der Waals surface area (Å²) in [7, 11) is 0. The smallest absolute Gasteiger partial charge is 0.313 e. The molecule has 1 aliphatic rings. The highest BCUT2D eigenvalue weighted by molar-refractivity contribution is 7.16. The number of carbonyl (C=O) groups is 4. The maximum absolute atomic E-state index is 13.0. The summed E-state index contributed by atoms with van der Waals surface area (Å²) < 4.78 is 0. The molecule has 164 valence electrons. The lowest BCUT2D eigenvalue weighted by atomic mass is 9.92. The summed E-state index contributed by atoms with van der Waals surface area (Å²) in [5.41, 5.74) is 5.61. The first-order valence-corrected chi connectivity index (χ1v) is 10.8. The van der Waals surface area contributed by atoms with Gasteiger partial charge in [-0.3, -0.25) is 24.2 Å². The minimum atomic E-state index is -0.785. The number of primary amides is 1. The van der Waals surface area contributed by atoms with E-state index in [1.54, 1.807) is 4.90 Å². The van der Waals surface area contributed by atoms with E-state index in [0.29, 0.717) is 13.0 Å². The maximum atomic E-state index is 13.0. The normalized spacial score (nSPS) is 18.3. The largest absolute Gasteiger partial charge is 0.366 e. The molecule has 3 heterocycles. The van der Waals surface area contributed by atoms with Crippen LogP contribution in [0.4, 0.5) is 10.7 Å². The maximum Gasteiger partial charge on any atom is 0.313 e. The van der Waals surface area contributed by atoms with Crippen molar-refractivity contribution >= 4 is 45.7 Å². The lowest BCUT2D eigenvalue weighted by molar-refractivity contribution is -0.146. The number of nitrogens with two attached hydrogens (primary N) is 1. The summed E-state index contributed by atoms with van der Waals surface area (Å²) >= 11 is 1.46. The standard InChI is InChI=1S/C21H25N5O4S/c1-12-3-4-16(8-17-5-6-18(31-17)24-13(2)27)26(11-12)21(30)20(29)25-15-7-14(19(22)28)9-23-10-15/h5-7,9-10,12,16H,3-4,8,11H2,1-2H3,(H2,22,28)(H,24,27)(H,25,29)/t12-,16?/m0/s1. The van der Waals surface area contributed by atoms with Gasteiger partial charge in [0.1, 0.15) is 0 Å². The Balaban J connectivity index is 1.70. The minimum Gasteiger partial charge on any atom is -0.366 e. The SMILES string of the molecule is CC(=O)Nc1ccc(CC2CC[C@H](C)CN2C(=O)C(=O)Nc2cncc(C(N)=O)c2)s1. The van der Waals surface area contributed by atoms with Crippen molar-refractivity contribution in [3.05, 3.63) is 41.0 Å². The molecule has 2 atom stereocenters. The third-order valence-electron chi connectivity index (χ3n) is 5.08. The zero-order valence-electron chi connectivity index (χ0n) is 17.4. The number of piperidine rings is 1. The highest BCUT2D eigenvalue weighted by Crippen LogP contribution is 2.29. The van der Waals surface area contributed by atoms with Gasteiger partial charge in [0.05, 0.1) is 22.4 Å². The summed E-state index contributed by atoms with van der Waals surface area (Å²) in [6, 6.07) is 5.03. The van der Waals surface area contributed by atoms with Gasteiger partial charge in [-0.1, -0.05) is 6.92 Å². The number of carbonyl (C=O) groups excluding carboxylic acids is 4. The predicted molar refractivity (Wildman–Crippen MR) is 118 cm³/mol. The first-order valence-electron chi connectivity index (χ1n) is 9.96. The number of thiophene rings is 1.